The van der Waals surface area contributed by atoms with Crippen molar-refractivity contribution in [1.29, 1.82) is 0 Å². The number of halogens is 2. The second-order valence-corrected chi connectivity index (χ2v) is 8.45. The lowest BCUT2D eigenvalue weighted by molar-refractivity contribution is -0.117. The summed E-state index contributed by atoms with van der Waals surface area (Å²) in [6, 6.07) is 2.47. The molecule has 0 fully saturated rings. The van der Waals surface area contributed by atoms with Crippen molar-refractivity contribution in [2.24, 2.45) is 5.73 Å². The van der Waals surface area contributed by atoms with Crippen molar-refractivity contribution in [1.82, 2.24) is 0 Å². The van der Waals surface area contributed by atoms with Crippen LogP contribution < -0.4 is 15.8 Å². The second-order valence-electron chi connectivity index (χ2n) is 4.48. The smallest absolute Gasteiger partial charge is 0.241 e. The van der Waals surface area contributed by atoms with Gasteiger partial charge in [0.05, 0.1) is 29.1 Å². The lowest BCUT2D eigenvalue weighted by Gasteiger charge is -2.14. The Bertz CT molecular complexity index is 634. The predicted molar refractivity (Wildman–Crippen MR) is 89.3 cm³/mol. The number of carbonyl (C=O) groups excluding carboxylic acids is 1. The molecule has 0 aliphatic carbocycles. The minimum Gasteiger partial charge on any atom is -0.495 e. The number of carbonyl (C=O) groups is 1. The zero-order valence-electron chi connectivity index (χ0n) is 11.5. The molecule has 9 heteroatoms. The molecule has 0 saturated heterocycles. The normalized spacial score (nSPS) is 12.8. The van der Waals surface area contributed by atoms with Crippen molar-refractivity contribution in [2.75, 3.05) is 24.4 Å². The fourth-order valence-electron chi connectivity index (χ4n) is 1.48. The van der Waals surface area contributed by atoms with Gasteiger partial charge in [-0.1, -0.05) is 0 Å². The Morgan fingerprint density at radius 1 is 1.38 bits per heavy atom. The number of nitrogens with two attached hydrogens (primary N) is 1. The second kappa shape index (κ2) is 7.57. The number of methoxy groups -OCH3 is 1. The number of hydrogen-bond donors (Lipinski definition) is 2. The van der Waals surface area contributed by atoms with E-state index in [4.69, 9.17) is 10.5 Å². The van der Waals surface area contributed by atoms with Crippen molar-refractivity contribution >= 4 is 53.3 Å². The molecule has 0 spiro atoms. The fourth-order valence-corrected chi connectivity index (χ4v) is 3.42. The van der Waals surface area contributed by atoms with Gasteiger partial charge < -0.3 is 15.8 Å². The van der Waals surface area contributed by atoms with Gasteiger partial charge in [0.1, 0.15) is 15.6 Å². The maximum Gasteiger partial charge on any atom is 0.241 e. The first-order valence-corrected chi connectivity index (χ1v) is 9.56. The van der Waals surface area contributed by atoms with Gasteiger partial charge in [0.15, 0.2) is 0 Å². The molecule has 0 heterocycles. The third-order valence-corrected chi connectivity index (χ3v) is 4.89. The molecule has 0 radical (unpaired) electrons. The first-order chi connectivity index (χ1) is 9.64. The number of amides is 1. The SMILES string of the molecule is COc1cc(NC(=O)C(N)CCS(C)(=O)=O)c(Br)cc1Br. The van der Waals surface area contributed by atoms with Crippen LogP contribution in [0.1, 0.15) is 6.42 Å². The summed E-state index contributed by atoms with van der Waals surface area (Å²) in [6.45, 7) is 0. The van der Waals surface area contributed by atoms with Gasteiger partial charge >= 0.3 is 0 Å². The van der Waals surface area contributed by atoms with Crippen LogP contribution in [-0.2, 0) is 14.6 Å². The van der Waals surface area contributed by atoms with Crippen LogP contribution >= 0.6 is 31.9 Å². The van der Waals surface area contributed by atoms with Crippen LogP contribution in [0.5, 0.6) is 5.75 Å². The van der Waals surface area contributed by atoms with Crippen LogP contribution in [0.4, 0.5) is 5.69 Å². The van der Waals surface area contributed by atoms with Gasteiger partial charge in [-0.3, -0.25) is 4.79 Å². The Hall–Kier alpha value is -0.640. The van der Waals surface area contributed by atoms with E-state index in [-0.39, 0.29) is 12.2 Å². The Balaban J connectivity index is 2.79. The first-order valence-electron chi connectivity index (χ1n) is 5.91. The van der Waals surface area contributed by atoms with Crippen LogP contribution in [0.3, 0.4) is 0 Å². The maximum atomic E-state index is 12.0. The lowest BCUT2D eigenvalue weighted by Crippen LogP contribution is -2.37. The molecule has 3 N–H and O–H groups in total. The molecule has 1 amide bonds. The van der Waals surface area contributed by atoms with Crippen molar-refractivity contribution < 1.29 is 17.9 Å². The van der Waals surface area contributed by atoms with Gasteiger partial charge in [-0.2, -0.15) is 0 Å². The average molecular weight is 444 g/mol. The molecular formula is C12H16Br2N2O4S. The standard InChI is InChI=1S/C12H16Br2N2O4S/c1-20-11-6-10(7(13)5-8(11)14)16-12(17)9(15)3-4-21(2,18)19/h5-6,9H,3-4,15H2,1-2H3,(H,16,17). The van der Waals surface area contributed by atoms with Crippen LogP contribution in [-0.4, -0.2) is 39.5 Å². The Morgan fingerprint density at radius 3 is 2.52 bits per heavy atom. The predicted octanol–water partition coefficient (Wildman–Crippen LogP) is 1.92. The van der Waals surface area contributed by atoms with Gasteiger partial charge in [-0.05, 0) is 44.3 Å². The van der Waals surface area contributed by atoms with Crippen LogP contribution in [0, 0.1) is 0 Å². The van der Waals surface area contributed by atoms with Gasteiger partial charge in [0.25, 0.3) is 0 Å². The number of nitrogens with one attached hydrogen (secondary N) is 1. The topological polar surface area (TPSA) is 98.5 Å². The summed E-state index contributed by atoms with van der Waals surface area (Å²) in [7, 11) is -1.63. The largest absolute Gasteiger partial charge is 0.495 e. The van der Waals surface area contributed by atoms with E-state index in [2.05, 4.69) is 37.2 Å². The van der Waals surface area contributed by atoms with E-state index in [0.717, 1.165) is 10.7 Å². The van der Waals surface area contributed by atoms with Crippen LogP contribution in [0.2, 0.25) is 0 Å². The Labute approximate surface area is 140 Å². The van der Waals surface area contributed by atoms with E-state index in [0.29, 0.717) is 15.9 Å². The summed E-state index contributed by atoms with van der Waals surface area (Å²) < 4.78 is 28.7. The van der Waals surface area contributed by atoms with E-state index >= 15 is 0 Å². The van der Waals surface area contributed by atoms with Crippen molar-refractivity contribution in [2.45, 2.75) is 12.5 Å². The highest BCUT2D eigenvalue weighted by Gasteiger charge is 2.18. The van der Waals surface area contributed by atoms with Gasteiger partial charge in [-0.25, -0.2) is 8.42 Å². The highest BCUT2D eigenvalue weighted by Crippen LogP contribution is 2.34. The van der Waals surface area contributed by atoms with Gasteiger partial charge in [0.2, 0.25) is 5.91 Å². The quantitative estimate of drug-likeness (QED) is 0.699. The zero-order chi connectivity index (χ0) is 16.2. The molecule has 118 valence electrons. The van der Waals surface area contributed by atoms with Crippen LogP contribution in [0.15, 0.2) is 21.1 Å². The number of sulfone groups is 1. The third kappa shape index (κ3) is 5.93. The number of benzene rings is 1. The highest BCUT2D eigenvalue weighted by atomic mass is 79.9. The minimum absolute atomic E-state index is 0.0654. The zero-order valence-corrected chi connectivity index (χ0v) is 15.5. The molecule has 0 aliphatic heterocycles. The molecule has 0 bridgehead atoms. The number of rotatable bonds is 6. The van der Waals surface area contributed by atoms with E-state index in [1.54, 1.807) is 12.1 Å². The molecule has 0 saturated carbocycles. The molecule has 1 aromatic rings. The third-order valence-electron chi connectivity index (χ3n) is 2.64. The molecule has 21 heavy (non-hydrogen) atoms. The molecule has 1 unspecified atom stereocenters. The van der Waals surface area contributed by atoms with E-state index in [9.17, 15) is 13.2 Å². The molecule has 1 aromatic carbocycles. The number of anilines is 1. The Kier molecular flexibility index (Phi) is 6.64. The van der Waals surface area contributed by atoms with Gasteiger partial charge in [-0.15, -0.1) is 0 Å². The van der Waals surface area contributed by atoms with Crippen molar-refractivity contribution in [3.8, 4) is 5.75 Å². The minimum atomic E-state index is -3.15. The summed E-state index contributed by atoms with van der Waals surface area (Å²) >= 11 is 6.65. The number of ether oxygens (including phenoxy) is 1. The summed E-state index contributed by atoms with van der Waals surface area (Å²) in [4.78, 5) is 12.0. The summed E-state index contributed by atoms with van der Waals surface area (Å²) in [5.74, 6) is -0.0335. The van der Waals surface area contributed by atoms with E-state index in [1.165, 1.54) is 7.11 Å². The first kappa shape index (κ1) is 18.4. The van der Waals surface area contributed by atoms with Crippen LogP contribution in [0.25, 0.3) is 0 Å². The van der Waals surface area contributed by atoms with Gasteiger partial charge in [0, 0.05) is 16.8 Å². The van der Waals surface area contributed by atoms with Crippen molar-refractivity contribution in [3.63, 3.8) is 0 Å². The monoisotopic (exact) mass is 442 g/mol. The maximum absolute atomic E-state index is 12.0. The summed E-state index contributed by atoms with van der Waals surface area (Å²) in [5, 5.41) is 2.64. The number of hydrogen-bond acceptors (Lipinski definition) is 5. The van der Waals surface area contributed by atoms with E-state index in [1.807, 2.05) is 0 Å². The molecule has 6 nitrogen and oxygen atoms in total. The molecule has 1 rings (SSSR count). The van der Waals surface area contributed by atoms with E-state index < -0.39 is 21.8 Å². The molecule has 1 atom stereocenters. The molecule has 0 aromatic heterocycles. The average Bonchev–Trinajstić information content (AvgIpc) is 2.38. The van der Waals surface area contributed by atoms with Crippen molar-refractivity contribution in [3.05, 3.63) is 21.1 Å². The molecule has 0 aliphatic rings. The highest BCUT2D eigenvalue weighted by molar-refractivity contribution is 9.11. The summed E-state index contributed by atoms with van der Waals surface area (Å²) in [5.41, 5.74) is 6.19. The lowest BCUT2D eigenvalue weighted by atomic mass is 10.2. The Morgan fingerprint density at radius 2 is 2.00 bits per heavy atom. The summed E-state index contributed by atoms with van der Waals surface area (Å²) in [6.07, 6.45) is 1.17. The fraction of sp³-hybridized carbons (Fsp3) is 0.417. The molecular weight excluding hydrogens is 428 g/mol.